The third kappa shape index (κ3) is 6.19. The maximum Gasteiger partial charge on any atom is 0.255 e. The lowest BCUT2D eigenvalue weighted by Crippen LogP contribution is -2.35. The van der Waals surface area contributed by atoms with E-state index in [1.165, 1.54) is 42.5 Å². The molecule has 0 spiro atoms. The minimum absolute atomic E-state index is 0.247. The standard InChI is InChI=1S/C19H18Cl2F2N2O2/c1-2-7-25(11-17(22)23)19(27)12-3-5-16(6-4-12)24-18(26)13-8-14(20)10-15(21)9-13/h3-6,8-10,17H,2,7,11H2,1H3,(H,24,26). The van der Waals surface area contributed by atoms with Crippen molar-refractivity contribution in [1.29, 1.82) is 0 Å². The zero-order valence-corrected chi connectivity index (χ0v) is 16.0. The molecule has 0 heterocycles. The van der Waals surface area contributed by atoms with Gasteiger partial charge in [0.05, 0.1) is 6.54 Å². The molecule has 0 aliphatic carbocycles. The van der Waals surface area contributed by atoms with E-state index < -0.39 is 24.8 Å². The molecule has 144 valence electrons. The molecular weight excluding hydrogens is 397 g/mol. The lowest BCUT2D eigenvalue weighted by molar-refractivity contribution is 0.0555. The van der Waals surface area contributed by atoms with E-state index in [4.69, 9.17) is 23.2 Å². The van der Waals surface area contributed by atoms with Gasteiger partial charge in [0.15, 0.2) is 0 Å². The number of rotatable bonds is 7. The molecule has 0 saturated carbocycles. The van der Waals surface area contributed by atoms with Crippen molar-refractivity contribution in [3.05, 3.63) is 63.6 Å². The Bertz CT molecular complexity index is 794. The van der Waals surface area contributed by atoms with Crippen molar-refractivity contribution in [1.82, 2.24) is 4.90 Å². The number of benzene rings is 2. The summed E-state index contributed by atoms with van der Waals surface area (Å²) in [7, 11) is 0. The largest absolute Gasteiger partial charge is 0.333 e. The zero-order chi connectivity index (χ0) is 20.0. The number of anilines is 1. The van der Waals surface area contributed by atoms with Gasteiger partial charge < -0.3 is 10.2 Å². The molecule has 0 saturated heterocycles. The molecule has 2 aromatic carbocycles. The number of hydrogen-bond donors (Lipinski definition) is 1. The van der Waals surface area contributed by atoms with Gasteiger partial charge in [-0.3, -0.25) is 9.59 Å². The van der Waals surface area contributed by atoms with E-state index in [9.17, 15) is 18.4 Å². The quantitative estimate of drug-likeness (QED) is 0.662. The summed E-state index contributed by atoms with van der Waals surface area (Å²) in [5.41, 5.74) is 1.01. The monoisotopic (exact) mass is 414 g/mol. The summed E-state index contributed by atoms with van der Waals surface area (Å²) in [6, 6.07) is 10.5. The lowest BCUT2D eigenvalue weighted by atomic mass is 10.1. The van der Waals surface area contributed by atoms with Crippen LogP contribution in [-0.4, -0.2) is 36.2 Å². The van der Waals surface area contributed by atoms with Crippen molar-refractivity contribution in [3.8, 4) is 0 Å². The predicted octanol–water partition coefficient (Wildman–Crippen LogP) is 5.36. The van der Waals surface area contributed by atoms with E-state index >= 15 is 0 Å². The molecule has 2 rings (SSSR count). The number of carbonyl (C=O) groups is 2. The van der Waals surface area contributed by atoms with Gasteiger partial charge in [0.1, 0.15) is 0 Å². The van der Waals surface area contributed by atoms with E-state index in [-0.39, 0.29) is 12.1 Å². The topological polar surface area (TPSA) is 49.4 Å². The Morgan fingerprint density at radius 1 is 1.04 bits per heavy atom. The van der Waals surface area contributed by atoms with Gasteiger partial charge in [-0.2, -0.15) is 0 Å². The van der Waals surface area contributed by atoms with Gasteiger partial charge in [-0.15, -0.1) is 0 Å². The molecule has 0 aliphatic rings. The molecule has 0 unspecified atom stereocenters. The average Bonchev–Trinajstić information content (AvgIpc) is 2.60. The van der Waals surface area contributed by atoms with Crippen molar-refractivity contribution in [3.63, 3.8) is 0 Å². The van der Waals surface area contributed by atoms with Gasteiger partial charge in [0.25, 0.3) is 18.2 Å². The summed E-state index contributed by atoms with van der Waals surface area (Å²) in [6.45, 7) is 1.45. The minimum Gasteiger partial charge on any atom is -0.333 e. The summed E-state index contributed by atoms with van der Waals surface area (Å²) in [6.07, 6.45) is -2.02. The van der Waals surface area contributed by atoms with Gasteiger partial charge in [-0.1, -0.05) is 30.1 Å². The highest BCUT2D eigenvalue weighted by molar-refractivity contribution is 6.35. The van der Waals surface area contributed by atoms with Gasteiger partial charge in [0, 0.05) is 33.4 Å². The third-order valence-corrected chi connectivity index (χ3v) is 4.09. The molecule has 2 amide bonds. The Morgan fingerprint density at radius 2 is 1.63 bits per heavy atom. The van der Waals surface area contributed by atoms with E-state index in [2.05, 4.69) is 5.32 Å². The molecular formula is C19H18Cl2F2N2O2. The van der Waals surface area contributed by atoms with Crippen molar-refractivity contribution in [2.75, 3.05) is 18.4 Å². The molecule has 0 aliphatic heterocycles. The van der Waals surface area contributed by atoms with Crippen molar-refractivity contribution in [2.24, 2.45) is 0 Å². The third-order valence-electron chi connectivity index (χ3n) is 3.65. The number of halogens is 4. The van der Waals surface area contributed by atoms with Crippen LogP contribution in [0.3, 0.4) is 0 Å². The molecule has 0 bridgehead atoms. The minimum atomic E-state index is -2.59. The SMILES string of the molecule is CCCN(CC(F)F)C(=O)c1ccc(NC(=O)c2cc(Cl)cc(Cl)c2)cc1. The lowest BCUT2D eigenvalue weighted by Gasteiger charge is -2.21. The zero-order valence-electron chi connectivity index (χ0n) is 14.5. The second-order valence-corrected chi connectivity index (χ2v) is 6.70. The number of nitrogens with one attached hydrogen (secondary N) is 1. The normalized spacial score (nSPS) is 10.7. The van der Waals surface area contributed by atoms with Crippen LogP contribution in [0.5, 0.6) is 0 Å². The van der Waals surface area contributed by atoms with E-state index in [0.29, 0.717) is 27.7 Å². The van der Waals surface area contributed by atoms with Crippen molar-refractivity contribution in [2.45, 2.75) is 19.8 Å². The fraction of sp³-hybridized carbons (Fsp3) is 0.263. The first-order valence-corrected chi connectivity index (χ1v) is 9.00. The molecule has 1 N–H and O–H groups in total. The highest BCUT2D eigenvalue weighted by atomic mass is 35.5. The van der Waals surface area contributed by atoms with Gasteiger partial charge in [-0.05, 0) is 48.9 Å². The number of alkyl halides is 2. The van der Waals surface area contributed by atoms with Crippen LogP contribution in [0.2, 0.25) is 10.0 Å². The molecule has 2 aromatic rings. The maximum atomic E-state index is 12.6. The van der Waals surface area contributed by atoms with Gasteiger partial charge >= 0.3 is 0 Å². The first-order valence-electron chi connectivity index (χ1n) is 8.25. The molecule has 0 radical (unpaired) electrons. The average molecular weight is 415 g/mol. The van der Waals surface area contributed by atoms with Crippen LogP contribution in [-0.2, 0) is 0 Å². The van der Waals surface area contributed by atoms with Gasteiger partial charge in [0.2, 0.25) is 0 Å². The Hall–Kier alpha value is -2.18. The van der Waals surface area contributed by atoms with Crippen LogP contribution in [0.4, 0.5) is 14.5 Å². The Morgan fingerprint density at radius 3 is 2.15 bits per heavy atom. The van der Waals surface area contributed by atoms with Crippen molar-refractivity contribution >= 4 is 40.7 Å². The smallest absolute Gasteiger partial charge is 0.255 e. The molecule has 4 nitrogen and oxygen atoms in total. The van der Waals surface area contributed by atoms with Crippen LogP contribution in [0.15, 0.2) is 42.5 Å². The summed E-state index contributed by atoms with van der Waals surface area (Å²) in [5.74, 6) is -0.888. The van der Waals surface area contributed by atoms with E-state index in [0.717, 1.165) is 4.90 Å². The van der Waals surface area contributed by atoms with E-state index in [1.54, 1.807) is 0 Å². The molecule has 0 atom stereocenters. The predicted molar refractivity (Wildman–Crippen MR) is 103 cm³/mol. The highest BCUT2D eigenvalue weighted by Gasteiger charge is 2.19. The Balaban J connectivity index is 2.09. The van der Waals surface area contributed by atoms with Crippen molar-refractivity contribution < 1.29 is 18.4 Å². The Kier molecular flexibility index (Phi) is 7.56. The fourth-order valence-electron chi connectivity index (χ4n) is 2.48. The number of amides is 2. The second-order valence-electron chi connectivity index (χ2n) is 5.83. The highest BCUT2D eigenvalue weighted by Crippen LogP contribution is 2.20. The molecule has 8 heteroatoms. The summed E-state index contributed by atoms with van der Waals surface area (Å²) in [5, 5.41) is 3.34. The maximum absolute atomic E-state index is 12.6. The molecule has 0 fully saturated rings. The second kappa shape index (κ2) is 9.67. The first kappa shape index (κ1) is 21.1. The van der Waals surface area contributed by atoms with Crippen LogP contribution in [0.1, 0.15) is 34.1 Å². The summed E-state index contributed by atoms with van der Waals surface area (Å²) < 4.78 is 25.3. The summed E-state index contributed by atoms with van der Waals surface area (Å²) >= 11 is 11.8. The summed E-state index contributed by atoms with van der Waals surface area (Å²) in [4.78, 5) is 25.8. The molecule has 27 heavy (non-hydrogen) atoms. The first-order chi connectivity index (χ1) is 12.8. The molecule has 0 aromatic heterocycles. The number of carbonyl (C=O) groups excluding carboxylic acids is 2. The van der Waals surface area contributed by atoms with Crippen LogP contribution >= 0.6 is 23.2 Å². The number of hydrogen-bond acceptors (Lipinski definition) is 2. The van der Waals surface area contributed by atoms with Crippen LogP contribution in [0, 0.1) is 0 Å². The van der Waals surface area contributed by atoms with Crippen LogP contribution < -0.4 is 5.32 Å². The van der Waals surface area contributed by atoms with E-state index in [1.807, 2.05) is 6.92 Å². The van der Waals surface area contributed by atoms with Gasteiger partial charge in [-0.25, -0.2) is 8.78 Å². The Labute approximate surface area is 166 Å². The fourth-order valence-corrected chi connectivity index (χ4v) is 3.01. The van der Waals surface area contributed by atoms with Crippen LogP contribution in [0.25, 0.3) is 0 Å². The number of nitrogens with zero attached hydrogens (tertiary/aromatic N) is 1.